The second-order valence-electron chi connectivity index (χ2n) is 4.37. The van der Waals surface area contributed by atoms with E-state index in [-0.39, 0.29) is 11.7 Å². The minimum Gasteiger partial charge on any atom is -0.382 e. The monoisotopic (exact) mass is 251 g/mol. The van der Waals surface area contributed by atoms with Crippen LogP contribution >= 0.6 is 0 Å². The summed E-state index contributed by atoms with van der Waals surface area (Å²) in [6.07, 6.45) is 3.81. The fourth-order valence-electron chi connectivity index (χ4n) is 1.63. The molecule has 0 radical (unpaired) electrons. The minimum absolute atomic E-state index is 0.115. The predicted octanol–water partition coefficient (Wildman–Crippen LogP) is 0.473. The third-order valence-corrected chi connectivity index (χ3v) is 2.57. The van der Waals surface area contributed by atoms with Crippen LogP contribution in [0.2, 0.25) is 0 Å². The highest BCUT2D eigenvalue weighted by atomic mass is 16.2. The van der Waals surface area contributed by atoms with Gasteiger partial charge in [-0.1, -0.05) is 0 Å². The highest BCUT2D eigenvalue weighted by Gasteiger charge is 2.15. The maximum atomic E-state index is 12.2. The maximum absolute atomic E-state index is 12.2. The summed E-state index contributed by atoms with van der Waals surface area (Å²) in [5, 5.41) is 0. The van der Waals surface area contributed by atoms with Gasteiger partial charge in [0, 0.05) is 13.1 Å². The Kier molecular flexibility index (Phi) is 5.51. The van der Waals surface area contributed by atoms with E-state index in [0.717, 1.165) is 13.0 Å². The van der Waals surface area contributed by atoms with Gasteiger partial charge in [0.15, 0.2) is 0 Å². The minimum atomic E-state index is -0.115. The van der Waals surface area contributed by atoms with Gasteiger partial charge in [-0.2, -0.15) is 0 Å². The zero-order valence-corrected chi connectivity index (χ0v) is 11.3. The van der Waals surface area contributed by atoms with Crippen molar-refractivity contribution in [2.45, 2.75) is 13.3 Å². The molecule has 0 aliphatic rings. The lowest BCUT2D eigenvalue weighted by Gasteiger charge is -2.21. The van der Waals surface area contributed by atoms with E-state index >= 15 is 0 Å². The molecule has 1 aromatic rings. The molecule has 1 rings (SSSR count). The Morgan fingerprint density at radius 2 is 2.06 bits per heavy atom. The number of aromatic nitrogens is 2. The van der Waals surface area contributed by atoms with Gasteiger partial charge >= 0.3 is 0 Å². The molecule has 0 aliphatic heterocycles. The Balaban J connectivity index is 2.62. The third kappa shape index (κ3) is 4.29. The van der Waals surface area contributed by atoms with E-state index in [4.69, 9.17) is 5.73 Å². The first kappa shape index (κ1) is 14.4. The van der Waals surface area contributed by atoms with Gasteiger partial charge in [0.05, 0.1) is 12.4 Å². The third-order valence-electron chi connectivity index (χ3n) is 2.57. The van der Waals surface area contributed by atoms with Crippen LogP contribution in [0.3, 0.4) is 0 Å². The number of amides is 1. The zero-order chi connectivity index (χ0) is 13.5. The van der Waals surface area contributed by atoms with Crippen molar-refractivity contribution in [1.29, 1.82) is 0 Å². The summed E-state index contributed by atoms with van der Waals surface area (Å²) >= 11 is 0. The van der Waals surface area contributed by atoms with Gasteiger partial charge in [0.1, 0.15) is 11.5 Å². The Morgan fingerprint density at radius 3 is 2.61 bits per heavy atom. The molecule has 6 heteroatoms. The van der Waals surface area contributed by atoms with Crippen LogP contribution in [-0.2, 0) is 0 Å². The van der Waals surface area contributed by atoms with E-state index in [0.29, 0.717) is 18.8 Å². The maximum Gasteiger partial charge on any atom is 0.274 e. The van der Waals surface area contributed by atoms with Crippen molar-refractivity contribution in [3.05, 3.63) is 18.1 Å². The number of hydrogen-bond donors (Lipinski definition) is 1. The molecule has 6 nitrogen and oxygen atoms in total. The van der Waals surface area contributed by atoms with Gasteiger partial charge in [0.25, 0.3) is 5.91 Å². The number of nitrogens with zero attached hydrogens (tertiary/aromatic N) is 4. The molecule has 2 N–H and O–H groups in total. The topological polar surface area (TPSA) is 75.3 Å². The van der Waals surface area contributed by atoms with Gasteiger partial charge in [-0.05, 0) is 34.0 Å². The molecule has 1 amide bonds. The van der Waals surface area contributed by atoms with Crippen LogP contribution in [0.25, 0.3) is 0 Å². The average molecular weight is 251 g/mol. The first-order chi connectivity index (χ1) is 8.54. The van der Waals surface area contributed by atoms with Gasteiger partial charge in [-0.25, -0.2) is 4.98 Å². The van der Waals surface area contributed by atoms with Gasteiger partial charge in [-0.3, -0.25) is 9.78 Å². The molecule has 0 spiro atoms. The molecule has 0 atom stereocenters. The molecule has 0 fully saturated rings. The second kappa shape index (κ2) is 6.90. The van der Waals surface area contributed by atoms with E-state index in [1.807, 2.05) is 21.0 Å². The van der Waals surface area contributed by atoms with Gasteiger partial charge in [0.2, 0.25) is 0 Å². The van der Waals surface area contributed by atoms with Crippen LogP contribution < -0.4 is 5.73 Å². The number of rotatable bonds is 6. The van der Waals surface area contributed by atoms with E-state index in [9.17, 15) is 4.79 Å². The van der Waals surface area contributed by atoms with Crippen molar-refractivity contribution < 1.29 is 4.79 Å². The number of hydrogen-bond acceptors (Lipinski definition) is 5. The van der Waals surface area contributed by atoms with Gasteiger partial charge in [-0.15, -0.1) is 0 Å². The van der Waals surface area contributed by atoms with Crippen LogP contribution in [0.15, 0.2) is 12.4 Å². The Labute approximate surface area is 108 Å². The summed E-state index contributed by atoms with van der Waals surface area (Å²) in [6, 6.07) is 0. The lowest BCUT2D eigenvalue weighted by atomic mass is 10.3. The molecule has 0 unspecified atom stereocenters. The first-order valence-corrected chi connectivity index (χ1v) is 6.06. The largest absolute Gasteiger partial charge is 0.382 e. The summed E-state index contributed by atoms with van der Waals surface area (Å²) in [4.78, 5) is 23.9. The number of carbonyl (C=O) groups is 1. The molecule has 1 heterocycles. The van der Waals surface area contributed by atoms with Crippen LogP contribution in [0.1, 0.15) is 23.8 Å². The average Bonchev–Trinajstić information content (AvgIpc) is 2.33. The SMILES string of the molecule is CCN(CCCN(C)C)C(=O)c1cncc(N)n1. The highest BCUT2D eigenvalue weighted by Crippen LogP contribution is 2.04. The van der Waals surface area contributed by atoms with Crippen LogP contribution in [-0.4, -0.2) is 59.4 Å². The first-order valence-electron chi connectivity index (χ1n) is 6.06. The number of nitrogens with two attached hydrogens (primary N) is 1. The Hall–Kier alpha value is -1.69. The summed E-state index contributed by atoms with van der Waals surface area (Å²) in [5.74, 6) is 0.154. The van der Waals surface area contributed by atoms with E-state index < -0.39 is 0 Å². The normalized spacial score (nSPS) is 10.7. The summed E-state index contributed by atoms with van der Waals surface area (Å²) < 4.78 is 0. The number of carbonyl (C=O) groups excluding carboxylic acids is 1. The molecule has 0 saturated carbocycles. The summed E-state index contributed by atoms with van der Waals surface area (Å²) in [7, 11) is 4.03. The predicted molar refractivity (Wildman–Crippen MR) is 71.2 cm³/mol. The van der Waals surface area contributed by atoms with Crippen molar-refractivity contribution in [3.63, 3.8) is 0 Å². The van der Waals surface area contributed by atoms with E-state index in [1.165, 1.54) is 12.4 Å². The summed E-state index contributed by atoms with van der Waals surface area (Å²) in [5.41, 5.74) is 5.83. The molecular formula is C12H21N5O. The highest BCUT2D eigenvalue weighted by molar-refractivity contribution is 5.92. The molecule has 0 aliphatic carbocycles. The fraction of sp³-hybridized carbons (Fsp3) is 0.583. The molecular weight excluding hydrogens is 230 g/mol. The van der Waals surface area contributed by atoms with Crippen molar-refractivity contribution >= 4 is 11.7 Å². The van der Waals surface area contributed by atoms with Crippen LogP contribution in [0.5, 0.6) is 0 Å². The lowest BCUT2D eigenvalue weighted by Crippen LogP contribution is -2.34. The van der Waals surface area contributed by atoms with Crippen molar-refractivity contribution in [1.82, 2.24) is 19.8 Å². The standard InChI is InChI=1S/C12H21N5O/c1-4-17(7-5-6-16(2)3)12(18)10-8-14-9-11(13)15-10/h8-9H,4-7H2,1-3H3,(H2,13,15). The molecule has 0 bridgehead atoms. The molecule has 0 aromatic carbocycles. The lowest BCUT2D eigenvalue weighted by molar-refractivity contribution is 0.0753. The van der Waals surface area contributed by atoms with Crippen LogP contribution in [0, 0.1) is 0 Å². The van der Waals surface area contributed by atoms with E-state index in [2.05, 4.69) is 14.9 Å². The number of nitrogen functional groups attached to an aromatic ring is 1. The van der Waals surface area contributed by atoms with Crippen molar-refractivity contribution in [2.24, 2.45) is 0 Å². The van der Waals surface area contributed by atoms with E-state index in [1.54, 1.807) is 4.90 Å². The molecule has 100 valence electrons. The molecule has 0 saturated heterocycles. The van der Waals surface area contributed by atoms with Gasteiger partial charge < -0.3 is 15.5 Å². The van der Waals surface area contributed by atoms with Crippen molar-refractivity contribution in [3.8, 4) is 0 Å². The Bertz CT molecular complexity index is 394. The second-order valence-corrected chi connectivity index (χ2v) is 4.37. The van der Waals surface area contributed by atoms with Crippen LogP contribution in [0.4, 0.5) is 5.82 Å². The smallest absolute Gasteiger partial charge is 0.274 e. The fourth-order valence-corrected chi connectivity index (χ4v) is 1.63. The van der Waals surface area contributed by atoms with Crippen molar-refractivity contribution in [2.75, 3.05) is 39.5 Å². The Morgan fingerprint density at radius 1 is 1.33 bits per heavy atom. The molecule has 1 aromatic heterocycles. The summed E-state index contributed by atoms with van der Waals surface area (Å²) in [6.45, 7) is 4.27. The quantitative estimate of drug-likeness (QED) is 0.795. The zero-order valence-electron chi connectivity index (χ0n) is 11.3. The molecule has 18 heavy (non-hydrogen) atoms. The number of anilines is 1.